The lowest BCUT2D eigenvalue weighted by molar-refractivity contribution is 0.197. The van der Waals surface area contributed by atoms with Crippen LogP contribution in [-0.2, 0) is 10.0 Å². The molecule has 1 aliphatic carbocycles. The number of nitrogens with one attached hydrogen (secondary N) is 2. The molecule has 1 aromatic carbocycles. The van der Waals surface area contributed by atoms with Gasteiger partial charge in [-0.2, -0.15) is 0 Å². The van der Waals surface area contributed by atoms with Crippen molar-refractivity contribution in [3.63, 3.8) is 0 Å². The normalized spacial score (nSPS) is 24.3. The van der Waals surface area contributed by atoms with Crippen LogP contribution >= 0.6 is 12.2 Å². The Balaban J connectivity index is 1.77. The van der Waals surface area contributed by atoms with Gasteiger partial charge in [-0.05, 0) is 61.9 Å². The number of thiocarbonyl (C=S) groups is 1. The highest BCUT2D eigenvalue weighted by Crippen LogP contribution is 2.49. The van der Waals surface area contributed by atoms with Gasteiger partial charge in [0.1, 0.15) is 5.82 Å². The maximum Gasteiger partial charge on any atom is 0.240 e. The van der Waals surface area contributed by atoms with E-state index in [9.17, 15) is 12.8 Å². The fourth-order valence-corrected chi connectivity index (χ4v) is 6.30. The van der Waals surface area contributed by atoms with E-state index in [0.29, 0.717) is 19.5 Å². The zero-order chi connectivity index (χ0) is 21.6. The molecule has 0 unspecified atom stereocenters. The minimum Gasteiger partial charge on any atom is -0.379 e. The van der Waals surface area contributed by atoms with Crippen molar-refractivity contribution in [2.24, 2.45) is 16.3 Å². The third-order valence-corrected chi connectivity index (χ3v) is 8.14. The van der Waals surface area contributed by atoms with Gasteiger partial charge in [-0.15, -0.1) is 0 Å². The summed E-state index contributed by atoms with van der Waals surface area (Å²) in [7, 11) is -3.67. The van der Waals surface area contributed by atoms with Crippen LogP contribution in [0.15, 0.2) is 45.8 Å². The number of allylic oxidation sites excluding steroid dienone is 1. The van der Waals surface area contributed by atoms with E-state index >= 15 is 0 Å². The second kappa shape index (κ2) is 10.1. The Morgan fingerprint density at radius 3 is 2.73 bits per heavy atom. The van der Waals surface area contributed by atoms with Crippen molar-refractivity contribution in [3.8, 4) is 0 Å². The minimum atomic E-state index is -3.67. The van der Waals surface area contributed by atoms with E-state index in [0.717, 1.165) is 55.8 Å². The molecule has 3 rings (SSSR count). The summed E-state index contributed by atoms with van der Waals surface area (Å²) < 4.78 is 41.0. The second-order valence-corrected chi connectivity index (χ2v) is 10.1. The van der Waals surface area contributed by atoms with Crippen LogP contribution in [0.4, 0.5) is 4.39 Å². The molecule has 2 atom stereocenters. The summed E-state index contributed by atoms with van der Waals surface area (Å²) in [5.41, 5.74) is 1.00. The quantitative estimate of drug-likeness (QED) is 0.463. The fourth-order valence-electron chi connectivity index (χ4n) is 4.71. The summed E-state index contributed by atoms with van der Waals surface area (Å²) >= 11 is 5.88. The molecule has 1 aromatic rings. The van der Waals surface area contributed by atoms with Gasteiger partial charge < -0.3 is 5.32 Å². The van der Waals surface area contributed by atoms with Gasteiger partial charge in [0, 0.05) is 31.1 Å². The van der Waals surface area contributed by atoms with E-state index in [1.54, 1.807) is 0 Å². The van der Waals surface area contributed by atoms with Crippen LogP contribution in [0.2, 0.25) is 0 Å². The topological polar surface area (TPSA) is 70.6 Å². The summed E-state index contributed by atoms with van der Waals surface area (Å²) in [6.07, 6.45) is 9.87. The average Bonchev–Trinajstić information content (AvgIpc) is 2.75. The summed E-state index contributed by atoms with van der Waals surface area (Å²) in [5, 5.41) is 3.39. The van der Waals surface area contributed by atoms with Crippen LogP contribution in [0.5, 0.6) is 0 Å². The summed E-state index contributed by atoms with van der Waals surface area (Å²) in [4.78, 5) is 5.44. The van der Waals surface area contributed by atoms with Crippen LogP contribution in [-0.4, -0.2) is 39.3 Å². The summed E-state index contributed by atoms with van der Waals surface area (Å²) in [6.45, 7) is 3.78. The Morgan fingerprint density at radius 2 is 2.07 bits per heavy atom. The first-order valence-electron chi connectivity index (χ1n) is 10.6. The Labute approximate surface area is 184 Å². The van der Waals surface area contributed by atoms with Crippen LogP contribution in [0, 0.1) is 17.2 Å². The van der Waals surface area contributed by atoms with Gasteiger partial charge >= 0.3 is 0 Å². The monoisotopic (exact) mass is 451 g/mol. The molecule has 5 nitrogen and oxygen atoms in total. The van der Waals surface area contributed by atoms with Crippen molar-refractivity contribution >= 4 is 33.4 Å². The Hall–Kier alpha value is -1.64. The lowest BCUT2D eigenvalue weighted by Crippen LogP contribution is -2.49. The first kappa shape index (κ1) is 23.0. The van der Waals surface area contributed by atoms with Gasteiger partial charge in [-0.25, -0.2) is 17.5 Å². The number of benzene rings is 1. The van der Waals surface area contributed by atoms with E-state index in [1.165, 1.54) is 17.7 Å². The predicted molar refractivity (Wildman–Crippen MR) is 123 cm³/mol. The number of dihydropyridines is 1. The van der Waals surface area contributed by atoms with Crippen molar-refractivity contribution < 1.29 is 12.8 Å². The number of hydrogen-bond acceptors (Lipinski definition) is 4. The SMILES string of the molecule is CCNC(=S)[C@]1(C2=CCC=NC2)CCCC[C@H]1CCNS(=O)(=O)c1ccc(F)cc1. The summed E-state index contributed by atoms with van der Waals surface area (Å²) in [5.74, 6) is -0.213. The first-order valence-corrected chi connectivity index (χ1v) is 12.5. The van der Waals surface area contributed by atoms with Crippen LogP contribution in [0.3, 0.4) is 0 Å². The molecule has 0 bridgehead atoms. The van der Waals surface area contributed by atoms with E-state index in [4.69, 9.17) is 12.2 Å². The molecule has 0 amide bonds. The van der Waals surface area contributed by atoms with Gasteiger partial charge in [-0.3, -0.25) is 4.99 Å². The number of nitrogens with zero attached hydrogens (tertiary/aromatic N) is 1. The van der Waals surface area contributed by atoms with Crippen LogP contribution < -0.4 is 10.0 Å². The van der Waals surface area contributed by atoms with Crippen molar-refractivity contribution in [2.45, 2.75) is 50.3 Å². The molecule has 0 spiro atoms. The smallest absolute Gasteiger partial charge is 0.240 e. The molecule has 30 heavy (non-hydrogen) atoms. The molecule has 0 radical (unpaired) electrons. The van der Waals surface area contributed by atoms with Crippen molar-refractivity contribution in [1.82, 2.24) is 10.0 Å². The van der Waals surface area contributed by atoms with E-state index in [-0.39, 0.29) is 16.2 Å². The molecule has 1 fully saturated rings. The largest absolute Gasteiger partial charge is 0.379 e. The maximum atomic E-state index is 13.1. The van der Waals surface area contributed by atoms with Gasteiger partial charge in [0.05, 0.1) is 16.4 Å². The maximum absolute atomic E-state index is 13.1. The molecular formula is C22H30FN3O2S2. The Morgan fingerprint density at radius 1 is 1.30 bits per heavy atom. The molecule has 1 aliphatic heterocycles. The molecule has 2 aliphatic rings. The molecule has 8 heteroatoms. The molecule has 2 N–H and O–H groups in total. The molecule has 164 valence electrons. The van der Waals surface area contributed by atoms with Crippen molar-refractivity contribution in [3.05, 3.63) is 41.7 Å². The van der Waals surface area contributed by atoms with Crippen molar-refractivity contribution in [1.29, 1.82) is 0 Å². The molecule has 1 heterocycles. The third-order valence-electron chi connectivity index (χ3n) is 6.16. The average molecular weight is 452 g/mol. The number of aliphatic imine (C=N–C) groups is 1. The van der Waals surface area contributed by atoms with E-state index in [1.807, 2.05) is 13.1 Å². The highest BCUT2D eigenvalue weighted by Gasteiger charge is 2.46. The summed E-state index contributed by atoms with van der Waals surface area (Å²) in [6, 6.07) is 4.89. The van der Waals surface area contributed by atoms with Gasteiger partial charge in [0.25, 0.3) is 0 Å². The molecule has 0 saturated heterocycles. The lowest BCUT2D eigenvalue weighted by atomic mass is 9.60. The number of rotatable bonds is 8. The Bertz CT molecular complexity index is 913. The molecule has 1 saturated carbocycles. The number of halogens is 1. The minimum absolute atomic E-state index is 0.0753. The van der Waals surface area contributed by atoms with Gasteiger partial charge in [0.15, 0.2) is 0 Å². The van der Waals surface area contributed by atoms with Crippen LogP contribution in [0.1, 0.15) is 45.4 Å². The van der Waals surface area contributed by atoms with Gasteiger partial charge in [-0.1, -0.05) is 31.1 Å². The van der Waals surface area contributed by atoms with Gasteiger partial charge in [0.2, 0.25) is 10.0 Å². The lowest BCUT2D eigenvalue weighted by Gasteiger charge is -2.47. The van der Waals surface area contributed by atoms with E-state index < -0.39 is 15.8 Å². The molecular weight excluding hydrogens is 421 g/mol. The third kappa shape index (κ3) is 4.98. The highest BCUT2D eigenvalue weighted by atomic mass is 32.2. The van der Waals surface area contributed by atoms with Crippen molar-refractivity contribution in [2.75, 3.05) is 19.6 Å². The fraction of sp³-hybridized carbons (Fsp3) is 0.545. The zero-order valence-corrected chi connectivity index (χ0v) is 19.0. The standard InChI is InChI=1S/C22H30FN3O2S2/c1-2-25-21(29)22(18-7-5-14-24-16-18)13-4-3-6-17(22)12-15-26-30(27,28)20-10-8-19(23)9-11-20/h7-11,14,17,26H,2-6,12-13,15-16H2,1H3,(H,25,29)/t17-,22+/m0/s1. The van der Waals surface area contributed by atoms with Crippen LogP contribution in [0.25, 0.3) is 0 Å². The molecule has 0 aromatic heterocycles. The predicted octanol–water partition coefficient (Wildman–Crippen LogP) is 4.01. The highest BCUT2D eigenvalue weighted by molar-refractivity contribution is 7.89. The zero-order valence-electron chi connectivity index (χ0n) is 17.4. The number of sulfonamides is 1. The first-order chi connectivity index (χ1) is 14.4. The Kier molecular flexibility index (Phi) is 7.76. The second-order valence-electron chi connectivity index (χ2n) is 7.90. The van der Waals surface area contributed by atoms with E-state index in [2.05, 4.69) is 21.1 Å². The number of hydrogen-bond donors (Lipinski definition) is 2.